The number of amides is 2. The number of fused-ring (bicyclic) bond motifs is 1. The number of rotatable bonds is 2. The van der Waals surface area contributed by atoms with E-state index in [0.717, 1.165) is 42.8 Å². The Morgan fingerprint density at radius 1 is 1.07 bits per heavy atom. The summed E-state index contributed by atoms with van der Waals surface area (Å²) < 4.78 is 5.93. The van der Waals surface area contributed by atoms with Crippen molar-refractivity contribution in [3.05, 3.63) is 58.9 Å². The second-order valence-electron chi connectivity index (χ2n) is 7.67. The van der Waals surface area contributed by atoms with Crippen molar-refractivity contribution in [1.82, 2.24) is 14.8 Å². The highest BCUT2D eigenvalue weighted by Crippen LogP contribution is 2.28. The molecule has 4 rings (SSSR count). The van der Waals surface area contributed by atoms with Crippen molar-refractivity contribution in [1.29, 1.82) is 0 Å². The van der Waals surface area contributed by atoms with Gasteiger partial charge in [-0.2, -0.15) is 0 Å². The van der Waals surface area contributed by atoms with Crippen molar-refractivity contribution >= 4 is 11.8 Å². The highest BCUT2D eigenvalue weighted by Gasteiger charge is 2.28. The fourth-order valence-corrected chi connectivity index (χ4v) is 3.83. The molecule has 0 saturated carbocycles. The average molecular weight is 379 g/mol. The molecule has 1 atom stereocenters. The van der Waals surface area contributed by atoms with Crippen LogP contribution in [0.4, 0.5) is 0 Å². The summed E-state index contributed by atoms with van der Waals surface area (Å²) in [6.07, 6.45) is 5.45. The lowest BCUT2D eigenvalue weighted by Crippen LogP contribution is -2.40. The minimum Gasteiger partial charge on any atom is -0.491 e. The molecule has 6 heteroatoms. The number of carbonyl (C=O) groups excluding carboxylic acids is 2. The molecule has 0 spiro atoms. The minimum absolute atomic E-state index is 0.0540. The van der Waals surface area contributed by atoms with Crippen LogP contribution in [-0.2, 0) is 6.54 Å². The smallest absolute Gasteiger partial charge is 0.256 e. The Kier molecular flexibility index (Phi) is 5.03. The number of hydrogen-bond donors (Lipinski definition) is 0. The Morgan fingerprint density at radius 3 is 2.61 bits per heavy atom. The van der Waals surface area contributed by atoms with Crippen LogP contribution in [0.1, 0.15) is 51.6 Å². The van der Waals surface area contributed by atoms with Gasteiger partial charge in [-0.1, -0.05) is 0 Å². The van der Waals surface area contributed by atoms with E-state index in [9.17, 15) is 9.59 Å². The van der Waals surface area contributed by atoms with E-state index >= 15 is 0 Å². The summed E-state index contributed by atoms with van der Waals surface area (Å²) in [5.41, 5.74) is 3.04. The molecule has 6 nitrogen and oxygen atoms in total. The Labute approximate surface area is 165 Å². The fourth-order valence-electron chi connectivity index (χ4n) is 3.83. The van der Waals surface area contributed by atoms with Crippen LogP contribution in [0.5, 0.6) is 5.75 Å². The van der Waals surface area contributed by atoms with Gasteiger partial charge in [0.1, 0.15) is 12.4 Å². The van der Waals surface area contributed by atoms with Crippen LogP contribution >= 0.6 is 0 Å². The van der Waals surface area contributed by atoms with Crippen LogP contribution < -0.4 is 4.74 Å². The number of likely N-dealkylation sites (tertiary alicyclic amines) is 1. The van der Waals surface area contributed by atoms with E-state index in [1.807, 2.05) is 43.0 Å². The molecule has 1 fully saturated rings. The van der Waals surface area contributed by atoms with E-state index in [1.165, 1.54) is 0 Å². The maximum absolute atomic E-state index is 13.1. The molecule has 0 bridgehead atoms. The molecule has 0 unspecified atom stereocenters. The number of pyridine rings is 1. The summed E-state index contributed by atoms with van der Waals surface area (Å²) in [6, 6.07) is 7.32. The van der Waals surface area contributed by atoms with Crippen LogP contribution in [0.2, 0.25) is 0 Å². The number of carbonyl (C=O) groups is 2. The van der Waals surface area contributed by atoms with Crippen molar-refractivity contribution in [3.63, 3.8) is 0 Å². The summed E-state index contributed by atoms with van der Waals surface area (Å²) in [5.74, 6) is 0.720. The Bertz CT molecular complexity index is 906. The average Bonchev–Trinajstić information content (AvgIpc) is 3.19. The lowest BCUT2D eigenvalue weighted by molar-refractivity contribution is 0.0645. The van der Waals surface area contributed by atoms with Gasteiger partial charge in [0.15, 0.2) is 0 Å². The van der Waals surface area contributed by atoms with Crippen molar-refractivity contribution in [3.8, 4) is 5.75 Å². The van der Waals surface area contributed by atoms with Gasteiger partial charge in [0.25, 0.3) is 11.8 Å². The Morgan fingerprint density at radius 2 is 1.86 bits per heavy atom. The van der Waals surface area contributed by atoms with Crippen LogP contribution in [0.25, 0.3) is 0 Å². The van der Waals surface area contributed by atoms with E-state index in [-0.39, 0.29) is 17.9 Å². The first-order chi connectivity index (χ1) is 13.5. The molecule has 1 aromatic heterocycles. The van der Waals surface area contributed by atoms with Gasteiger partial charge in [-0.05, 0) is 56.5 Å². The zero-order valence-electron chi connectivity index (χ0n) is 16.4. The maximum Gasteiger partial charge on any atom is 0.256 e. The number of benzene rings is 1. The van der Waals surface area contributed by atoms with Crippen LogP contribution in [0.3, 0.4) is 0 Å². The first kappa shape index (κ1) is 18.5. The van der Waals surface area contributed by atoms with Crippen LogP contribution in [0.15, 0.2) is 36.7 Å². The quantitative estimate of drug-likeness (QED) is 0.805. The highest BCUT2D eigenvalue weighted by molar-refractivity contribution is 5.95. The van der Waals surface area contributed by atoms with Gasteiger partial charge >= 0.3 is 0 Å². The number of aryl methyl sites for hydroxylation is 1. The molecule has 0 aliphatic carbocycles. The van der Waals surface area contributed by atoms with Crippen molar-refractivity contribution in [2.75, 3.05) is 19.7 Å². The minimum atomic E-state index is -0.0851. The van der Waals surface area contributed by atoms with Crippen molar-refractivity contribution in [2.45, 2.75) is 39.3 Å². The molecule has 0 radical (unpaired) electrons. The first-order valence-electron chi connectivity index (χ1n) is 9.80. The monoisotopic (exact) mass is 379 g/mol. The maximum atomic E-state index is 13.1. The molecule has 146 valence electrons. The lowest BCUT2D eigenvalue weighted by atomic mass is 10.1. The topological polar surface area (TPSA) is 62.7 Å². The van der Waals surface area contributed by atoms with Gasteiger partial charge < -0.3 is 14.5 Å². The van der Waals surface area contributed by atoms with Gasteiger partial charge in [-0.3, -0.25) is 14.6 Å². The summed E-state index contributed by atoms with van der Waals surface area (Å²) in [4.78, 5) is 33.7. The second-order valence-corrected chi connectivity index (χ2v) is 7.67. The molecule has 2 amide bonds. The molecule has 2 aliphatic heterocycles. The van der Waals surface area contributed by atoms with E-state index in [4.69, 9.17) is 4.74 Å². The van der Waals surface area contributed by atoms with Gasteiger partial charge in [0, 0.05) is 36.6 Å². The molecular weight excluding hydrogens is 354 g/mol. The third-order valence-corrected chi connectivity index (χ3v) is 5.44. The lowest BCUT2D eigenvalue weighted by Gasteiger charge is -2.26. The molecule has 28 heavy (non-hydrogen) atoms. The third kappa shape index (κ3) is 3.59. The van der Waals surface area contributed by atoms with E-state index < -0.39 is 0 Å². The third-order valence-electron chi connectivity index (χ3n) is 5.44. The molecule has 0 N–H and O–H groups in total. The summed E-state index contributed by atoms with van der Waals surface area (Å²) in [6.45, 7) is 6.35. The predicted octanol–water partition coefficient (Wildman–Crippen LogP) is 3.05. The number of ether oxygens (including phenoxy) is 1. The zero-order valence-corrected chi connectivity index (χ0v) is 16.4. The molecule has 3 heterocycles. The zero-order chi connectivity index (χ0) is 19.7. The molecule has 1 saturated heterocycles. The summed E-state index contributed by atoms with van der Waals surface area (Å²) in [7, 11) is 0. The first-order valence-corrected chi connectivity index (χ1v) is 9.80. The molecule has 1 aromatic carbocycles. The largest absolute Gasteiger partial charge is 0.491 e. The van der Waals surface area contributed by atoms with Gasteiger partial charge in [-0.25, -0.2) is 0 Å². The fraction of sp³-hybridized carbons (Fsp3) is 0.409. The van der Waals surface area contributed by atoms with Crippen LogP contribution in [0, 0.1) is 6.92 Å². The molecular formula is C22H25N3O3. The summed E-state index contributed by atoms with van der Waals surface area (Å²) in [5, 5.41) is 0. The standard InChI is InChI=1S/C22H25N3O3/c1-15-9-18(12-23-11-15)22(27)25-13-19-10-17(21(26)24-7-3-4-8-24)5-6-20(19)28-14-16(25)2/h5-6,9-12,16H,3-4,7-8,13-14H2,1-2H3/t16-/m0/s1. The van der Waals surface area contributed by atoms with Crippen molar-refractivity contribution in [2.24, 2.45) is 0 Å². The number of nitrogens with zero attached hydrogens (tertiary/aromatic N) is 3. The van der Waals surface area contributed by atoms with Gasteiger partial charge in [0.2, 0.25) is 0 Å². The van der Waals surface area contributed by atoms with Gasteiger partial charge in [-0.15, -0.1) is 0 Å². The van der Waals surface area contributed by atoms with Crippen LogP contribution in [-0.4, -0.2) is 52.3 Å². The Hall–Kier alpha value is -2.89. The summed E-state index contributed by atoms with van der Waals surface area (Å²) >= 11 is 0. The molecule has 2 aromatic rings. The van der Waals surface area contributed by atoms with Crippen molar-refractivity contribution < 1.29 is 14.3 Å². The van der Waals surface area contributed by atoms with E-state index in [0.29, 0.717) is 24.3 Å². The SMILES string of the molecule is Cc1cncc(C(=O)N2Cc3cc(C(=O)N4CCCC4)ccc3OC[C@@H]2C)c1. The normalized spacial score (nSPS) is 19.0. The second kappa shape index (κ2) is 7.62. The highest BCUT2D eigenvalue weighted by atomic mass is 16.5. The number of aromatic nitrogens is 1. The molecule has 2 aliphatic rings. The number of hydrogen-bond acceptors (Lipinski definition) is 4. The predicted molar refractivity (Wildman–Crippen MR) is 105 cm³/mol. The van der Waals surface area contributed by atoms with E-state index in [1.54, 1.807) is 17.3 Å². The van der Waals surface area contributed by atoms with Gasteiger partial charge in [0.05, 0.1) is 18.2 Å². The Balaban J connectivity index is 1.62. The van der Waals surface area contributed by atoms with E-state index in [2.05, 4.69) is 4.98 Å².